The Morgan fingerprint density at radius 3 is 2.59 bits per heavy atom. The average molecular weight is 370 g/mol. The number of amides is 4. The molecule has 3 rings (SSSR count). The first-order valence-corrected chi connectivity index (χ1v) is 7.60. The number of hydrogen-bond donors (Lipinski definition) is 1. The van der Waals surface area contributed by atoms with E-state index < -0.39 is 34.5 Å². The van der Waals surface area contributed by atoms with E-state index in [0.29, 0.717) is 4.90 Å². The second-order valence-corrected chi connectivity index (χ2v) is 5.45. The number of rotatable bonds is 4. The molecule has 27 heavy (non-hydrogen) atoms. The molecule has 1 N–H and O–H groups in total. The van der Waals surface area contributed by atoms with Crippen LogP contribution in [0, 0.1) is 21.8 Å². The van der Waals surface area contributed by atoms with Gasteiger partial charge in [0, 0.05) is 18.3 Å². The van der Waals surface area contributed by atoms with Gasteiger partial charge in [-0.2, -0.15) is 0 Å². The second kappa shape index (κ2) is 7.12. The number of nitro benzene ring substituents is 1. The van der Waals surface area contributed by atoms with Gasteiger partial charge in [0.1, 0.15) is 5.82 Å². The predicted molar refractivity (Wildman–Crippen MR) is 92.2 cm³/mol. The van der Waals surface area contributed by atoms with Crippen LogP contribution in [0.3, 0.4) is 0 Å². The minimum absolute atomic E-state index is 0.138. The Morgan fingerprint density at radius 2 is 1.89 bits per heavy atom. The number of anilines is 1. The van der Waals surface area contributed by atoms with Gasteiger partial charge in [-0.15, -0.1) is 0 Å². The van der Waals surface area contributed by atoms with E-state index in [4.69, 9.17) is 0 Å². The SMILES string of the molecule is O=C1NC(=O)N(c2ccccc2F)C(=O)[C@@H]1C=Nc1cccc([N+](=O)[O-])c1. The number of halogens is 1. The maximum absolute atomic E-state index is 14.0. The van der Waals surface area contributed by atoms with Crippen LogP contribution in [-0.2, 0) is 9.59 Å². The molecular formula is C17H11FN4O5. The normalized spacial score (nSPS) is 17.3. The van der Waals surface area contributed by atoms with Gasteiger partial charge in [0.15, 0.2) is 5.92 Å². The Morgan fingerprint density at radius 1 is 1.15 bits per heavy atom. The summed E-state index contributed by atoms with van der Waals surface area (Å²) >= 11 is 0. The van der Waals surface area contributed by atoms with Gasteiger partial charge >= 0.3 is 6.03 Å². The zero-order chi connectivity index (χ0) is 19.6. The van der Waals surface area contributed by atoms with Crippen molar-refractivity contribution in [2.24, 2.45) is 10.9 Å². The molecule has 136 valence electrons. The number of nitro groups is 1. The molecule has 0 spiro atoms. The number of non-ortho nitro benzene ring substituents is 1. The summed E-state index contributed by atoms with van der Waals surface area (Å²) in [4.78, 5) is 51.2. The van der Waals surface area contributed by atoms with Gasteiger partial charge in [-0.05, 0) is 18.2 Å². The first-order valence-electron chi connectivity index (χ1n) is 7.60. The van der Waals surface area contributed by atoms with Crippen molar-refractivity contribution in [1.82, 2.24) is 5.32 Å². The fourth-order valence-electron chi connectivity index (χ4n) is 2.43. The van der Waals surface area contributed by atoms with Gasteiger partial charge in [0.05, 0.1) is 16.3 Å². The summed E-state index contributed by atoms with van der Waals surface area (Å²) in [6.07, 6.45) is 0.955. The molecule has 1 aliphatic heterocycles. The molecule has 0 aliphatic carbocycles. The molecule has 10 heteroatoms. The molecule has 1 aliphatic rings. The lowest BCUT2D eigenvalue weighted by Gasteiger charge is -2.28. The summed E-state index contributed by atoms with van der Waals surface area (Å²) in [7, 11) is 0. The Balaban J connectivity index is 1.91. The van der Waals surface area contributed by atoms with Gasteiger partial charge < -0.3 is 0 Å². The molecule has 1 heterocycles. The number of urea groups is 1. The molecule has 1 saturated heterocycles. The van der Waals surface area contributed by atoms with Crippen LogP contribution in [-0.4, -0.2) is 29.0 Å². The zero-order valence-electron chi connectivity index (χ0n) is 13.5. The van der Waals surface area contributed by atoms with E-state index >= 15 is 0 Å². The predicted octanol–water partition coefficient (Wildman–Crippen LogP) is 2.34. The van der Waals surface area contributed by atoms with Gasteiger partial charge in [-0.25, -0.2) is 14.1 Å². The third-order valence-electron chi connectivity index (χ3n) is 3.71. The standard InChI is InChI=1S/C17H11FN4O5/c18-13-6-1-2-7-14(13)21-16(24)12(15(23)20-17(21)25)9-19-10-4-3-5-11(8-10)22(26)27/h1-9,12H,(H,20,23,25)/t12-/m1/s1. The smallest absolute Gasteiger partial charge is 0.276 e. The van der Waals surface area contributed by atoms with Crippen molar-refractivity contribution in [1.29, 1.82) is 0 Å². The number of para-hydroxylation sites is 1. The Bertz CT molecular complexity index is 991. The van der Waals surface area contributed by atoms with Crippen molar-refractivity contribution in [2.45, 2.75) is 0 Å². The summed E-state index contributed by atoms with van der Waals surface area (Å²) in [6, 6.07) is 9.28. The molecular weight excluding hydrogens is 359 g/mol. The number of aliphatic imine (C=N–C) groups is 1. The van der Waals surface area contributed by atoms with Crippen molar-refractivity contribution in [2.75, 3.05) is 4.90 Å². The molecule has 0 bridgehead atoms. The van der Waals surface area contributed by atoms with Crippen LogP contribution in [0.5, 0.6) is 0 Å². The fraction of sp³-hybridized carbons (Fsp3) is 0.0588. The number of carbonyl (C=O) groups excluding carboxylic acids is 3. The number of hydrogen-bond acceptors (Lipinski definition) is 6. The number of carbonyl (C=O) groups is 3. The third-order valence-corrected chi connectivity index (χ3v) is 3.71. The first-order chi connectivity index (χ1) is 12.9. The van der Waals surface area contributed by atoms with Crippen molar-refractivity contribution >= 4 is 41.1 Å². The average Bonchev–Trinajstić information content (AvgIpc) is 2.63. The molecule has 0 saturated carbocycles. The molecule has 0 radical (unpaired) electrons. The highest BCUT2D eigenvalue weighted by atomic mass is 19.1. The lowest BCUT2D eigenvalue weighted by atomic mass is 10.1. The number of imide groups is 2. The number of barbiturate groups is 1. The molecule has 2 aromatic carbocycles. The molecule has 0 aromatic heterocycles. The largest absolute Gasteiger partial charge is 0.335 e. The van der Waals surface area contributed by atoms with Crippen LogP contribution in [0.1, 0.15) is 0 Å². The Hall–Kier alpha value is -3.95. The van der Waals surface area contributed by atoms with Crippen LogP contribution in [0.25, 0.3) is 0 Å². The highest BCUT2D eigenvalue weighted by Gasteiger charge is 2.41. The van der Waals surface area contributed by atoms with E-state index in [2.05, 4.69) is 4.99 Å². The summed E-state index contributed by atoms with van der Waals surface area (Å²) in [5.41, 5.74) is -0.382. The van der Waals surface area contributed by atoms with Crippen molar-refractivity contribution in [3.05, 3.63) is 64.5 Å². The maximum atomic E-state index is 14.0. The lowest BCUT2D eigenvalue weighted by molar-refractivity contribution is -0.384. The minimum Gasteiger partial charge on any atom is -0.276 e. The number of nitrogens with zero attached hydrogens (tertiary/aromatic N) is 3. The van der Waals surface area contributed by atoms with Crippen LogP contribution in [0.2, 0.25) is 0 Å². The van der Waals surface area contributed by atoms with Gasteiger partial charge in [0.25, 0.3) is 11.6 Å². The maximum Gasteiger partial charge on any atom is 0.335 e. The molecule has 1 atom stereocenters. The topological polar surface area (TPSA) is 122 Å². The van der Waals surface area contributed by atoms with E-state index in [1.807, 2.05) is 5.32 Å². The minimum atomic E-state index is -1.50. The molecule has 9 nitrogen and oxygen atoms in total. The summed E-state index contributed by atoms with van der Waals surface area (Å²) in [5, 5.41) is 12.7. The molecule has 4 amide bonds. The highest BCUT2D eigenvalue weighted by Crippen LogP contribution is 2.24. The number of nitrogens with one attached hydrogen (secondary N) is 1. The first kappa shape index (κ1) is 17.9. The van der Waals surface area contributed by atoms with Crippen LogP contribution < -0.4 is 10.2 Å². The Kier molecular flexibility index (Phi) is 4.71. The second-order valence-electron chi connectivity index (χ2n) is 5.45. The van der Waals surface area contributed by atoms with Crippen molar-refractivity contribution < 1.29 is 23.7 Å². The van der Waals surface area contributed by atoms with E-state index in [0.717, 1.165) is 18.3 Å². The van der Waals surface area contributed by atoms with Crippen LogP contribution in [0.4, 0.5) is 26.2 Å². The summed E-state index contributed by atoms with van der Waals surface area (Å²) < 4.78 is 14.0. The monoisotopic (exact) mass is 370 g/mol. The summed E-state index contributed by atoms with van der Waals surface area (Å²) in [5.74, 6) is -4.22. The Labute approximate surface area is 151 Å². The van der Waals surface area contributed by atoms with Gasteiger partial charge in [-0.3, -0.25) is 30.0 Å². The highest BCUT2D eigenvalue weighted by molar-refractivity contribution is 6.32. The van der Waals surface area contributed by atoms with E-state index in [1.54, 1.807) is 0 Å². The lowest BCUT2D eigenvalue weighted by Crippen LogP contribution is -2.58. The number of benzene rings is 2. The van der Waals surface area contributed by atoms with Crippen LogP contribution >= 0.6 is 0 Å². The van der Waals surface area contributed by atoms with E-state index in [1.165, 1.54) is 36.4 Å². The molecule has 2 aromatic rings. The fourth-order valence-corrected chi connectivity index (χ4v) is 2.43. The summed E-state index contributed by atoms with van der Waals surface area (Å²) in [6.45, 7) is 0. The zero-order valence-corrected chi connectivity index (χ0v) is 13.5. The van der Waals surface area contributed by atoms with Gasteiger partial charge in [0.2, 0.25) is 5.91 Å². The molecule has 0 unspecified atom stereocenters. The van der Waals surface area contributed by atoms with Gasteiger partial charge in [-0.1, -0.05) is 18.2 Å². The van der Waals surface area contributed by atoms with E-state index in [9.17, 15) is 28.9 Å². The molecule has 1 fully saturated rings. The van der Waals surface area contributed by atoms with Crippen molar-refractivity contribution in [3.8, 4) is 0 Å². The quantitative estimate of drug-likeness (QED) is 0.383. The van der Waals surface area contributed by atoms with Crippen LogP contribution in [0.15, 0.2) is 53.5 Å². The van der Waals surface area contributed by atoms with Crippen molar-refractivity contribution in [3.63, 3.8) is 0 Å². The van der Waals surface area contributed by atoms with E-state index in [-0.39, 0.29) is 17.1 Å². The third kappa shape index (κ3) is 3.54.